The highest BCUT2D eigenvalue weighted by Gasteiger charge is 2.07. The molecule has 124 valence electrons. The fourth-order valence-corrected chi connectivity index (χ4v) is 3.15. The Bertz CT molecular complexity index is 873. The minimum atomic E-state index is -0.160. The molecule has 6 nitrogen and oxygen atoms in total. The number of carbonyl (C=O) groups is 1. The number of rotatable bonds is 7. The monoisotopic (exact) mass is 343 g/mol. The molecule has 0 fully saturated rings. The smallest absolute Gasteiger partial charge is 0.259 e. The lowest BCUT2D eigenvalue weighted by atomic mass is 10.3. The number of nitrogens with one attached hydrogen (secondary N) is 2. The summed E-state index contributed by atoms with van der Waals surface area (Å²) in [7, 11) is 0. The van der Waals surface area contributed by atoms with Crippen molar-refractivity contribution in [3.8, 4) is 5.75 Å². The van der Waals surface area contributed by atoms with Crippen LogP contribution in [0.2, 0.25) is 0 Å². The number of aromatic nitrogens is 2. The summed E-state index contributed by atoms with van der Waals surface area (Å²) in [5.74, 6) is 0.770. The number of ether oxygens (including phenoxy) is 1. The van der Waals surface area contributed by atoms with E-state index in [1.165, 1.54) is 17.7 Å². The topological polar surface area (TPSA) is 84.1 Å². The van der Waals surface area contributed by atoms with Gasteiger partial charge >= 0.3 is 0 Å². The number of para-hydroxylation sites is 1. The molecule has 0 radical (unpaired) electrons. The van der Waals surface area contributed by atoms with Crippen LogP contribution in [0.5, 0.6) is 5.75 Å². The van der Waals surface area contributed by atoms with Crippen LogP contribution in [0.4, 0.5) is 0 Å². The first-order valence-electron chi connectivity index (χ1n) is 7.63. The van der Waals surface area contributed by atoms with Gasteiger partial charge in [0.1, 0.15) is 10.6 Å². The van der Waals surface area contributed by atoms with Gasteiger partial charge in [0.05, 0.1) is 24.9 Å². The molecular weight excluding hydrogens is 326 g/mol. The number of amides is 1. The van der Waals surface area contributed by atoms with E-state index in [1.807, 2.05) is 30.3 Å². The lowest BCUT2D eigenvalue weighted by molar-refractivity contribution is -0.121. The Hall–Kier alpha value is -2.67. The van der Waals surface area contributed by atoms with E-state index >= 15 is 0 Å². The number of hydrogen-bond acceptors (Lipinski definition) is 5. The number of nitrogens with zero attached hydrogens (tertiary/aromatic N) is 1. The Labute approximate surface area is 142 Å². The average molecular weight is 343 g/mol. The molecule has 0 bridgehead atoms. The van der Waals surface area contributed by atoms with E-state index in [0.717, 1.165) is 10.6 Å². The highest BCUT2D eigenvalue weighted by molar-refractivity contribution is 7.18. The van der Waals surface area contributed by atoms with Crippen LogP contribution >= 0.6 is 11.3 Å². The van der Waals surface area contributed by atoms with Crippen molar-refractivity contribution in [3.63, 3.8) is 0 Å². The zero-order valence-electron chi connectivity index (χ0n) is 13.0. The van der Waals surface area contributed by atoms with Crippen LogP contribution < -0.4 is 15.6 Å². The summed E-state index contributed by atoms with van der Waals surface area (Å²) in [6.45, 7) is 0.901. The maximum absolute atomic E-state index is 11.9. The lowest BCUT2D eigenvalue weighted by Crippen LogP contribution is -2.22. The van der Waals surface area contributed by atoms with E-state index in [9.17, 15) is 9.59 Å². The molecule has 1 amide bonds. The SMILES string of the molecule is O=C(CCCOc1ccccc1)NCc1cc2c(=O)[nH]cnc2s1. The third-order valence-corrected chi connectivity index (χ3v) is 4.45. The van der Waals surface area contributed by atoms with E-state index in [4.69, 9.17) is 4.74 Å². The van der Waals surface area contributed by atoms with Crippen LogP contribution in [0, 0.1) is 0 Å². The third-order valence-electron chi connectivity index (χ3n) is 3.41. The maximum atomic E-state index is 11.9. The molecular formula is C17H17N3O3S. The molecule has 0 aliphatic heterocycles. The number of hydrogen-bond donors (Lipinski definition) is 2. The largest absolute Gasteiger partial charge is 0.494 e. The van der Waals surface area contributed by atoms with E-state index < -0.39 is 0 Å². The van der Waals surface area contributed by atoms with Crippen molar-refractivity contribution < 1.29 is 9.53 Å². The summed E-state index contributed by atoms with van der Waals surface area (Å²) in [4.78, 5) is 31.7. The molecule has 0 aliphatic rings. The molecule has 0 atom stereocenters. The number of benzene rings is 1. The zero-order valence-corrected chi connectivity index (χ0v) is 13.8. The normalized spacial score (nSPS) is 10.7. The summed E-state index contributed by atoms with van der Waals surface area (Å²) in [6.07, 6.45) is 2.43. The molecule has 24 heavy (non-hydrogen) atoms. The molecule has 1 aromatic carbocycles. The first-order chi connectivity index (χ1) is 11.7. The number of aromatic amines is 1. The molecule has 0 saturated carbocycles. The number of thiophene rings is 1. The molecule has 0 saturated heterocycles. The second-order valence-electron chi connectivity index (χ2n) is 5.20. The second kappa shape index (κ2) is 7.74. The van der Waals surface area contributed by atoms with Gasteiger partial charge < -0.3 is 15.0 Å². The van der Waals surface area contributed by atoms with Crippen molar-refractivity contribution in [2.45, 2.75) is 19.4 Å². The number of fused-ring (bicyclic) bond motifs is 1. The van der Waals surface area contributed by atoms with Crippen molar-refractivity contribution in [1.82, 2.24) is 15.3 Å². The van der Waals surface area contributed by atoms with Gasteiger partial charge in [0.15, 0.2) is 0 Å². The third kappa shape index (κ3) is 4.20. The highest BCUT2D eigenvalue weighted by atomic mass is 32.1. The summed E-state index contributed by atoms with van der Waals surface area (Å²) >= 11 is 1.41. The van der Waals surface area contributed by atoms with Gasteiger partial charge in [-0.05, 0) is 24.6 Å². The summed E-state index contributed by atoms with van der Waals surface area (Å²) in [6, 6.07) is 11.3. The van der Waals surface area contributed by atoms with Crippen molar-refractivity contribution >= 4 is 27.5 Å². The van der Waals surface area contributed by atoms with Gasteiger partial charge in [-0.1, -0.05) is 18.2 Å². The van der Waals surface area contributed by atoms with Crippen LogP contribution in [-0.4, -0.2) is 22.5 Å². The molecule has 2 heterocycles. The Kier molecular flexibility index (Phi) is 5.22. The first kappa shape index (κ1) is 16.2. The standard InChI is InChI=1S/C17H17N3O3S/c21-15(7-4-8-23-12-5-2-1-3-6-12)18-10-13-9-14-16(22)19-11-20-17(14)24-13/h1-3,5-6,9,11H,4,7-8,10H2,(H,18,21)(H,19,20,22). The van der Waals surface area contributed by atoms with E-state index in [2.05, 4.69) is 15.3 Å². The Morgan fingerprint density at radius 1 is 1.29 bits per heavy atom. The Morgan fingerprint density at radius 3 is 2.92 bits per heavy atom. The minimum Gasteiger partial charge on any atom is -0.494 e. The van der Waals surface area contributed by atoms with Gasteiger partial charge in [-0.3, -0.25) is 9.59 Å². The van der Waals surface area contributed by atoms with Crippen LogP contribution in [0.25, 0.3) is 10.2 Å². The molecule has 7 heteroatoms. The van der Waals surface area contributed by atoms with E-state index in [1.54, 1.807) is 6.07 Å². The van der Waals surface area contributed by atoms with Crippen molar-refractivity contribution in [1.29, 1.82) is 0 Å². The number of carbonyl (C=O) groups excluding carboxylic acids is 1. The quantitative estimate of drug-likeness (QED) is 0.646. The fraction of sp³-hybridized carbons (Fsp3) is 0.235. The molecule has 2 N–H and O–H groups in total. The molecule has 3 aromatic rings. The van der Waals surface area contributed by atoms with Crippen molar-refractivity contribution in [2.75, 3.05) is 6.61 Å². The molecule has 0 spiro atoms. The van der Waals surface area contributed by atoms with Crippen molar-refractivity contribution in [2.24, 2.45) is 0 Å². The summed E-state index contributed by atoms with van der Waals surface area (Å²) < 4.78 is 5.55. The van der Waals surface area contributed by atoms with Crippen molar-refractivity contribution in [3.05, 3.63) is 58.0 Å². The average Bonchev–Trinajstić information content (AvgIpc) is 3.02. The summed E-state index contributed by atoms with van der Waals surface area (Å²) in [5, 5.41) is 3.41. The number of H-pyrrole nitrogens is 1. The molecule has 0 unspecified atom stereocenters. The van der Waals surface area contributed by atoms with Gasteiger partial charge in [-0.2, -0.15) is 0 Å². The van der Waals surface area contributed by atoms with Crippen LogP contribution in [-0.2, 0) is 11.3 Å². The molecule has 2 aromatic heterocycles. The van der Waals surface area contributed by atoms with Gasteiger partial charge in [0.2, 0.25) is 5.91 Å². The predicted molar refractivity (Wildman–Crippen MR) is 93.3 cm³/mol. The first-order valence-corrected chi connectivity index (χ1v) is 8.44. The molecule has 0 aliphatic carbocycles. The van der Waals surface area contributed by atoms with E-state index in [-0.39, 0.29) is 11.5 Å². The van der Waals surface area contributed by atoms with Gasteiger partial charge in [0, 0.05) is 11.3 Å². The van der Waals surface area contributed by atoms with Gasteiger partial charge in [0.25, 0.3) is 5.56 Å². The van der Waals surface area contributed by atoms with Crippen LogP contribution in [0.3, 0.4) is 0 Å². The maximum Gasteiger partial charge on any atom is 0.259 e. The van der Waals surface area contributed by atoms with Gasteiger partial charge in [-0.25, -0.2) is 4.98 Å². The fourth-order valence-electron chi connectivity index (χ4n) is 2.22. The Morgan fingerprint density at radius 2 is 2.12 bits per heavy atom. The van der Waals surface area contributed by atoms with Gasteiger partial charge in [-0.15, -0.1) is 11.3 Å². The summed E-state index contributed by atoms with van der Waals surface area (Å²) in [5.41, 5.74) is -0.160. The zero-order chi connectivity index (χ0) is 16.8. The second-order valence-corrected chi connectivity index (χ2v) is 6.32. The predicted octanol–water partition coefficient (Wildman–Crippen LogP) is 2.46. The van der Waals surface area contributed by atoms with E-state index in [0.29, 0.717) is 36.2 Å². The minimum absolute atomic E-state index is 0.0361. The Balaban J connectivity index is 1.42. The van der Waals surface area contributed by atoms with Crippen LogP contribution in [0.15, 0.2) is 47.5 Å². The highest BCUT2D eigenvalue weighted by Crippen LogP contribution is 2.20. The lowest BCUT2D eigenvalue weighted by Gasteiger charge is -2.06. The van der Waals surface area contributed by atoms with Crippen LogP contribution in [0.1, 0.15) is 17.7 Å². The molecule has 3 rings (SSSR count).